The van der Waals surface area contributed by atoms with E-state index in [1.165, 1.54) is 12.1 Å². The fraction of sp³-hybridized carbons (Fsp3) is 0.250. The molecule has 0 aliphatic carbocycles. The molecule has 0 saturated carbocycles. The molecule has 1 aromatic carbocycles. The maximum Gasteiger partial charge on any atom is 0.371 e. The van der Waals surface area contributed by atoms with Crippen LogP contribution in [-0.4, -0.2) is 29.8 Å². The van der Waals surface area contributed by atoms with Gasteiger partial charge in [0.1, 0.15) is 11.5 Å². The van der Waals surface area contributed by atoms with Crippen LogP contribution >= 0.6 is 11.8 Å². The lowest BCUT2D eigenvalue weighted by molar-refractivity contribution is -0.120. The Hall–Kier alpha value is -2.41. The summed E-state index contributed by atoms with van der Waals surface area (Å²) in [6, 6.07) is 10.5. The SMILES string of the molecule is COc1ccc(SCCC(=O)NCc2ccc(C(=O)O)o2)cc1. The molecule has 2 N–H and O–H groups in total. The van der Waals surface area contributed by atoms with Crippen molar-refractivity contribution in [2.75, 3.05) is 12.9 Å². The first-order valence-corrected chi connectivity index (χ1v) is 7.92. The number of carboxylic acid groups (broad SMARTS) is 1. The van der Waals surface area contributed by atoms with E-state index in [1.807, 2.05) is 24.3 Å². The van der Waals surface area contributed by atoms with Crippen molar-refractivity contribution in [2.45, 2.75) is 17.9 Å². The zero-order chi connectivity index (χ0) is 16.7. The summed E-state index contributed by atoms with van der Waals surface area (Å²) in [7, 11) is 1.62. The minimum atomic E-state index is -1.13. The molecule has 0 fully saturated rings. The number of hydrogen-bond donors (Lipinski definition) is 2. The lowest BCUT2D eigenvalue weighted by Gasteiger charge is -2.04. The van der Waals surface area contributed by atoms with E-state index in [1.54, 1.807) is 18.9 Å². The Kier molecular flexibility index (Phi) is 6.10. The number of carboxylic acids is 1. The molecule has 0 radical (unpaired) electrons. The van der Waals surface area contributed by atoms with Gasteiger partial charge in [0, 0.05) is 17.1 Å². The summed E-state index contributed by atoms with van der Waals surface area (Å²) < 4.78 is 10.1. The van der Waals surface area contributed by atoms with Gasteiger partial charge in [-0.25, -0.2) is 4.79 Å². The smallest absolute Gasteiger partial charge is 0.371 e. The minimum Gasteiger partial charge on any atom is -0.497 e. The summed E-state index contributed by atoms with van der Waals surface area (Å²) in [5, 5.41) is 11.4. The van der Waals surface area contributed by atoms with Gasteiger partial charge in [-0.15, -0.1) is 11.8 Å². The minimum absolute atomic E-state index is 0.112. The first-order valence-electron chi connectivity index (χ1n) is 6.94. The average molecular weight is 335 g/mol. The van der Waals surface area contributed by atoms with Crippen molar-refractivity contribution in [1.29, 1.82) is 0 Å². The number of hydrogen-bond acceptors (Lipinski definition) is 5. The monoisotopic (exact) mass is 335 g/mol. The van der Waals surface area contributed by atoms with E-state index in [9.17, 15) is 9.59 Å². The number of benzene rings is 1. The number of furan rings is 1. The number of nitrogens with one attached hydrogen (secondary N) is 1. The predicted molar refractivity (Wildman–Crippen MR) is 85.8 cm³/mol. The Bertz CT molecular complexity index is 665. The van der Waals surface area contributed by atoms with Crippen molar-refractivity contribution in [3.63, 3.8) is 0 Å². The Morgan fingerprint density at radius 1 is 1.22 bits per heavy atom. The van der Waals surface area contributed by atoms with Crippen molar-refractivity contribution in [3.8, 4) is 5.75 Å². The van der Waals surface area contributed by atoms with Gasteiger partial charge in [0.2, 0.25) is 11.7 Å². The van der Waals surface area contributed by atoms with E-state index in [4.69, 9.17) is 14.3 Å². The number of rotatable bonds is 8. The summed E-state index contributed by atoms with van der Waals surface area (Å²) in [6.07, 6.45) is 0.364. The first kappa shape index (κ1) is 17.0. The van der Waals surface area contributed by atoms with Crippen LogP contribution in [0.25, 0.3) is 0 Å². The van der Waals surface area contributed by atoms with E-state index in [2.05, 4.69) is 5.32 Å². The topological polar surface area (TPSA) is 88.8 Å². The van der Waals surface area contributed by atoms with Crippen LogP contribution in [-0.2, 0) is 11.3 Å². The molecule has 0 saturated heterocycles. The van der Waals surface area contributed by atoms with Gasteiger partial charge in [0.25, 0.3) is 0 Å². The first-order chi connectivity index (χ1) is 11.1. The standard InChI is InChI=1S/C16H17NO5S/c1-21-11-2-5-13(6-3-11)23-9-8-15(18)17-10-12-4-7-14(22-12)16(19)20/h2-7H,8-10H2,1H3,(H,17,18)(H,19,20). The van der Waals surface area contributed by atoms with Crippen LogP contribution in [0.15, 0.2) is 45.7 Å². The number of amides is 1. The van der Waals surface area contributed by atoms with Gasteiger partial charge >= 0.3 is 5.97 Å². The number of aromatic carboxylic acids is 1. The van der Waals surface area contributed by atoms with E-state index in [0.29, 0.717) is 17.9 Å². The molecule has 23 heavy (non-hydrogen) atoms. The van der Waals surface area contributed by atoms with Crippen LogP contribution < -0.4 is 10.1 Å². The number of ether oxygens (including phenoxy) is 1. The number of methoxy groups -OCH3 is 1. The molecule has 0 aliphatic rings. The second-order valence-corrected chi connectivity index (χ2v) is 5.79. The fourth-order valence-electron chi connectivity index (χ4n) is 1.80. The van der Waals surface area contributed by atoms with Crippen LogP contribution in [0.5, 0.6) is 5.75 Å². The molecule has 7 heteroatoms. The highest BCUT2D eigenvalue weighted by molar-refractivity contribution is 7.99. The summed E-state index contributed by atoms with van der Waals surface area (Å²) in [5.41, 5.74) is 0. The Morgan fingerprint density at radius 3 is 2.57 bits per heavy atom. The third-order valence-corrected chi connectivity index (χ3v) is 4.00. The summed E-state index contributed by atoms with van der Waals surface area (Å²) >= 11 is 1.58. The third-order valence-electron chi connectivity index (χ3n) is 2.99. The molecule has 1 aromatic heterocycles. The van der Waals surface area contributed by atoms with Crippen LogP contribution in [0.3, 0.4) is 0 Å². The summed E-state index contributed by atoms with van der Waals surface area (Å²) in [6.45, 7) is 0.180. The average Bonchev–Trinajstić information content (AvgIpc) is 3.03. The third kappa shape index (κ3) is 5.37. The molecule has 0 bridgehead atoms. The van der Waals surface area contributed by atoms with E-state index < -0.39 is 5.97 Å². The van der Waals surface area contributed by atoms with Crippen molar-refractivity contribution >= 4 is 23.6 Å². The van der Waals surface area contributed by atoms with E-state index >= 15 is 0 Å². The van der Waals surface area contributed by atoms with Crippen molar-refractivity contribution in [3.05, 3.63) is 47.9 Å². The highest BCUT2D eigenvalue weighted by atomic mass is 32.2. The molecule has 0 aliphatic heterocycles. The molecule has 1 heterocycles. The van der Waals surface area contributed by atoms with Crippen LogP contribution in [0, 0.1) is 0 Å². The zero-order valence-electron chi connectivity index (χ0n) is 12.6. The van der Waals surface area contributed by atoms with Gasteiger partial charge in [-0.1, -0.05) is 0 Å². The Balaban J connectivity index is 1.69. The largest absolute Gasteiger partial charge is 0.497 e. The van der Waals surface area contributed by atoms with E-state index in [0.717, 1.165) is 10.6 Å². The maximum atomic E-state index is 11.7. The molecule has 122 valence electrons. The predicted octanol–water partition coefficient (Wildman–Crippen LogP) is 2.79. The molecular weight excluding hydrogens is 318 g/mol. The Labute approximate surface area is 137 Å². The van der Waals surface area contributed by atoms with Gasteiger partial charge in [0.15, 0.2) is 0 Å². The molecule has 2 rings (SSSR count). The molecule has 2 aromatic rings. The summed E-state index contributed by atoms with van der Waals surface area (Å²) in [5.74, 6) is 0.489. The zero-order valence-corrected chi connectivity index (χ0v) is 13.4. The maximum absolute atomic E-state index is 11.7. The second kappa shape index (κ2) is 8.28. The van der Waals surface area contributed by atoms with Crippen molar-refractivity contribution in [1.82, 2.24) is 5.32 Å². The normalized spacial score (nSPS) is 10.3. The lowest BCUT2D eigenvalue weighted by Crippen LogP contribution is -2.22. The molecular formula is C16H17NO5S. The fourth-order valence-corrected chi connectivity index (χ4v) is 2.65. The molecule has 1 amide bonds. The molecule has 0 spiro atoms. The van der Waals surface area contributed by atoms with Crippen molar-refractivity contribution in [2.24, 2.45) is 0 Å². The van der Waals surface area contributed by atoms with Crippen molar-refractivity contribution < 1.29 is 23.8 Å². The summed E-state index contributed by atoms with van der Waals surface area (Å²) in [4.78, 5) is 23.5. The number of thioether (sulfide) groups is 1. The van der Waals surface area contributed by atoms with Gasteiger partial charge < -0.3 is 19.6 Å². The highest BCUT2D eigenvalue weighted by Crippen LogP contribution is 2.21. The van der Waals surface area contributed by atoms with Gasteiger partial charge in [-0.2, -0.15) is 0 Å². The van der Waals surface area contributed by atoms with Crippen LogP contribution in [0.2, 0.25) is 0 Å². The van der Waals surface area contributed by atoms with Crippen LogP contribution in [0.1, 0.15) is 22.7 Å². The number of carbonyl (C=O) groups is 2. The highest BCUT2D eigenvalue weighted by Gasteiger charge is 2.09. The lowest BCUT2D eigenvalue weighted by atomic mass is 10.3. The quantitative estimate of drug-likeness (QED) is 0.721. The number of carbonyl (C=O) groups excluding carboxylic acids is 1. The second-order valence-electron chi connectivity index (χ2n) is 4.62. The Morgan fingerprint density at radius 2 is 1.96 bits per heavy atom. The van der Waals surface area contributed by atoms with Gasteiger partial charge in [0.05, 0.1) is 13.7 Å². The molecule has 0 atom stereocenters. The molecule has 6 nitrogen and oxygen atoms in total. The van der Waals surface area contributed by atoms with Gasteiger partial charge in [-0.3, -0.25) is 4.79 Å². The molecule has 0 unspecified atom stereocenters. The van der Waals surface area contributed by atoms with Gasteiger partial charge in [-0.05, 0) is 36.4 Å². The van der Waals surface area contributed by atoms with Crippen LogP contribution in [0.4, 0.5) is 0 Å². The van der Waals surface area contributed by atoms with E-state index in [-0.39, 0.29) is 18.2 Å².